The Balaban J connectivity index is 1.29. The molecule has 19 nitrogen and oxygen atoms in total. The van der Waals surface area contributed by atoms with E-state index in [2.05, 4.69) is 19.2 Å². The van der Waals surface area contributed by atoms with Gasteiger partial charge in [0, 0.05) is 6.42 Å². The number of rotatable bonds is 72. The molecule has 0 saturated carbocycles. The molecule has 0 aromatic heterocycles. The predicted molar refractivity (Wildman–Crippen MR) is 416 cm³/mol. The zero-order chi connectivity index (χ0) is 75.3. The molecule has 0 spiro atoms. The Labute approximate surface area is 633 Å². The highest BCUT2D eigenvalue weighted by atomic mass is 16.8. The fourth-order valence-electron chi connectivity index (χ4n) is 15.3. The van der Waals surface area contributed by atoms with E-state index in [0.29, 0.717) is 6.42 Å². The molecule has 0 radical (unpaired) electrons. The third kappa shape index (κ3) is 45.1. The standard InChI is InChI=1S/C85H163NO18/c1-3-5-7-9-11-13-15-17-19-21-23-25-26-27-28-29-30-31-32-33-34-35-36-37-38-39-40-41-42-43-45-47-49-51-53-55-57-59-61-63-73(91)86-68(69(90)62-60-58-56-54-52-50-48-46-44-24-22-20-18-16-14-12-10-8-6-4-2)67-99-83-79(97)76(94)81(71(65-88)101-83)104-85-80(98)77(95)82(72(66-89)102-85)103-84-78(96)75(93)74(92)70(64-87)100-84/h60,62,68-72,74-85,87-90,92-98H,3-59,61,63-67H2,1-2H3,(H,86,91)/b62-60+. The van der Waals surface area contributed by atoms with E-state index in [4.69, 9.17) is 28.4 Å². The molecule has 19 heteroatoms. The number of aliphatic hydroxyl groups is 11. The number of ether oxygens (including phenoxy) is 6. The van der Waals surface area contributed by atoms with Gasteiger partial charge in [0.2, 0.25) is 5.91 Å². The van der Waals surface area contributed by atoms with Crippen molar-refractivity contribution < 1.29 is 89.4 Å². The molecule has 104 heavy (non-hydrogen) atoms. The highest BCUT2D eigenvalue weighted by Crippen LogP contribution is 2.34. The maximum absolute atomic E-state index is 13.5. The third-order valence-electron chi connectivity index (χ3n) is 22.3. The average Bonchev–Trinajstić information content (AvgIpc) is 0.777. The molecule has 3 heterocycles. The Morgan fingerprint density at radius 1 is 0.337 bits per heavy atom. The maximum Gasteiger partial charge on any atom is 0.220 e. The lowest BCUT2D eigenvalue weighted by Gasteiger charge is -2.48. The van der Waals surface area contributed by atoms with Crippen molar-refractivity contribution in [2.24, 2.45) is 0 Å². The van der Waals surface area contributed by atoms with E-state index in [1.807, 2.05) is 6.08 Å². The Morgan fingerprint density at radius 2 is 0.596 bits per heavy atom. The topological polar surface area (TPSA) is 307 Å². The summed E-state index contributed by atoms with van der Waals surface area (Å²) in [6, 6.07) is -0.970. The van der Waals surface area contributed by atoms with Crippen LogP contribution in [0.4, 0.5) is 0 Å². The Bertz CT molecular complexity index is 1920. The van der Waals surface area contributed by atoms with E-state index in [0.717, 1.165) is 44.9 Å². The smallest absolute Gasteiger partial charge is 0.220 e. The summed E-state index contributed by atoms with van der Waals surface area (Å²) < 4.78 is 34.5. The zero-order valence-corrected chi connectivity index (χ0v) is 66.3. The minimum atomic E-state index is -1.98. The fraction of sp³-hybridized carbons (Fsp3) is 0.965. The molecule has 1 amide bonds. The second-order valence-electron chi connectivity index (χ2n) is 31.7. The van der Waals surface area contributed by atoms with Crippen LogP contribution < -0.4 is 5.32 Å². The van der Waals surface area contributed by atoms with Crippen molar-refractivity contribution in [3.63, 3.8) is 0 Å². The molecule has 3 rings (SSSR count). The van der Waals surface area contributed by atoms with Crippen LogP contribution in [0.1, 0.15) is 393 Å². The van der Waals surface area contributed by atoms with E-state index in [9.17, 15) is 61.0 Å². The van der Waals surface area contributed by atoms with Crippen LogP contribution in [0.15, 0.2) is 12.2 Å². The molecule has 3 aliphatic heterocycles. The molecular weight excluding hydrogens is 1320 g/mol. The molecule has 17 unspecified atom stereocenters. The predicted octanol–water partition coefficient (Wildman–Crippen LogP) is 15.9. The van der Waals surface area contributed by atoms with Crippen molar-refractivity contribution in [2.45, 2.75) is 497 Å². The molecule has 0 aromatic rings. The Hall–Kier alpha value is -1.47. The third-order valence-corrected chi connectivity index (χ3v) is 22.3. The van der Waals surface area contributed by atoms with Gasteiger partial charge in [-0.25, -0.2) is 0 Å². The maximum atomic E-state index is 13.5. The van der Waals surface area contributed by atoms with Crippen molar-refractivity contribution in [2.75, 3.05) is 26.4 Å². The van der Waals surface area contributed by atoms with Crippen LogP contribution >= 0.6 is 0 Å². The summed E-state index contributed by atoms with van der Waals surface area (Å²) in [7, 11) is 0. The molecule has 0 aliphatic carbocycles. The van der Waals surface area contributed by atoms with Gasteiger partial charge in [-0.15, -0.1) is 0 Å². The van der Waals surface area contributed by atoms with Crippen molar-refractivity contribution in [1.82, 2.24) is 5.32 Å². The Morgan fingerprint density at radius 3 is 0.904 bits per heavy atom. The monoisotopic (exact) mass is 1490 g/mol. The number of carbonyl (C=O) groups is 1. The van der Waals surface area contributed by atoms with Gasteiger partial charge in [0.25, 0.3) is 0 Å². The van der Waals surface area contributed by atoms with E-state index in [-0.39, 0.29) is 18.9 Å². The van der Waals surface area contributed by atoms with Crippen LogP contribution in [0.2, 0.25) is 0 Å². The van der Waals surface area contributed by atoms with E-state index < -0.39 is 124 Å². The lowest BCUT2D eigenvalue weighted by molar-refractivity contribution is -0.379. The van der Waals surface area contributed by atoms with Gasteiger partial charge in [-0.3, -0.25) is 4.79 Å². The lowest BCUT2D eigenvalue weighted by atomic mass is 9.96. The molecule has 0 bridgehead atoms. The van der Waals surface area contributed by atoms with Gasteiger partial charge in [0.05, 0.1) is 38.6 Å². The molecule has 12 N–H and O–H groups in total. The minimum absolute atomic E-state index is 0.250. The van der Waals surface area contributed by atoms with Crippen molar-refractivity contribution >= 4 is 5.91 Å². The van der Waals surface area contributed by atoms with Gasteiger partial charge in [-0.2, -0.15) is 0 Å². The summed E-state index contributed by atoms with van der Waals surface area (Å²) in [5, 5.41) is 121. The van der Waals surface area contributed by atoms with E-state index in [1.165, 1.54) is 321 Å². The molecule has 17 atom stereocenters. The van der Waals surface area contributed by atoms with Crippen LogP contribution in [-0.2, 0) is 33.2 Å². The number of allylic oxidation sites excluding steroid dienone is 1. The zero-order valence-electron chi connectivity index (χ0n) is 66.3. The van der Waals surface area contributed by atoms with Crippen LogP contribution in [-0.4, -0.2) is 193 Å². The highest BCUT2D eigenvalue weighted by molar-refractivity contribution is 5.76. The van der Waals surface area contributed by atoms with Crippen LogP contribution in [0, 0.1) is 0 Å². The number of hydrogen-bond donors (Lipinski definition) is 12. The number of carbonyl (C=O) groups excluding carboxylic acids is 1. The molecule has 616 valence electrons. The summed E-state index contributed by atoms with van der Waals surface area (Å²) in [5.41, 5.74) is 0. The molecule has 3 saturated heterocycles. The summed E-state index contributed by atoms with van der Waals surface area (Å²) >= 11 is 0. The second kappa shape index (κ2) is 66.2. The lowest BCUT2D eigenvalue weighted by Crippen LogP contribution is -2.66. The fourth-order valence-corrected chi connectivity index (χ4v) is 15.3. The largest absolute Gasteiger partial charge is 0.394 e. The first-order valence-electron chi connectivity index (χ1n) is 43.9. The van der Waals surface area contributed by atoms with Gasteiger partial charge in [0.15, 0.2) is 18.9 Å². The summed E-state index contributed by atoms with van der Waals surface area (Å²) in [5.74, 6) is -0.266. The van der Waals surface area contributed by atoms with Crippen LogP contribution in [0.25, 0.3) is 0 Å². The molecule has 3 fully saturated rings. The normalized spacial score (nSPS) is 25.9. The van der Waals surface area contributed by atoms with Gasteiger partial charge < -0.3 is 89.9 Å². The van der Waals surface area contributed by atoms with Crippen molar-refractivity contribution in [3.05, 3.63) is 12.2 Å². The number of nitrogens with one attached hydrogen (secondary N) is 1. The first-order chi connectivity index (χ1) is 50.8. The Kier molecular flexibility index (Phi) is 61.5. The highest BCUT2D eigenvalue weighted by Gasteiger charge is 2.54. The van der Waals surface area contributed by atoms with Gasteiger partial charge in [-0.1, -0.05) is 379 Å². The van der Waals surface area contributed by atoms with E-state index >= 15 is 0 Å². The van der Waals surface area contributed by atoms with Crippen molar-refractivity contribution in [1.29, 1.82) is 0 Å². The molecule has 3 aliphatic rings. The van der Waals surface area contributed by atoms with Crippen LogP contribution in [0.3, 0.4) is 0 Å². The first-order valence-corrected chi connectivity index (χ1v) is 43.9. The van der Waals surface area contributed by atoms with E-state index in [1.54, 1.807) is 6.08 Å². The molecular formula is C85H163NO18. The average molecular weight is 1490 g/mol. The number of aliphatic hydroxyl groups excluding tert-OH is 11. The van der Waals surface area contributed by atoms with Crippen LogP contribution in [0.5, 0.6) is 0 Å². The summed E-state index contributed by atoms with van der Waals surface area (Å²) in [4.78, 5) is 13.5. The molecule has 0 aromatic carbocycles. The SMILES string of the molecule is CCCCCCCCCCCCCCCCCCCC/C=C/C(O)C(COC1OC(CO)C(OC2OC(CO)C(OC3OC(CO)C(O)C(O)C3O)C(O)C2O)C(O)C1O)NC(=O)CCCCCCCCCCCCCCCCCCCCCCCCCCCCCCCCCCCCCCCCC. The minimum Gasteiger partial charge on any atom is -0.394 e. The van der Waals surface area contributed by atoms with Gasteiger partial charge in [0.1, 0.15) is 73.2 Å². The number of hydrogen-bond acceptors (Lipinski definition) is 18. The van der Waals surface area contributed by atoms with Gasteiger partial charge in [-0.05, 0) is 19.3 Å². The van der Waals surface area contributed by atoms with Crippen molar-refractivity contribution in [3.8, 4) is 0 Å². The number of unbranched alkanes of at least 4 members (excludes halogenated alkanes) is 56. The second-order valence-corrected chi connectivity index (χ2v) is 31.7. The summed E-state index contributed by atoms with van der Waals surface area (Å²) in [6.07, 6.45) is 53.8. The van der Waals surface area contributed by atoms with Gasteiger partial charge >= 0.3 is 0 Å². The summed E-state index contributed by atoms with van der Waals surface area (Å²) in [6.45, 7) is 1.81. The quantitative estimate of drug-likeness (QED) is 0.0199. The first kappa shape index (κ1) is 96.7. The number of amides is 1.